The highest BCUT2D eigenvalue weighted by atomic mass is 32.2. The number of hydrogen-bond donors (Lipinski definition) is 3. The highest BCUT2D eigenvalue weighted by Gasteiger charge is 2.22. The molecule has 168 valence electrons. The Kier molecular flexibility index (Phi) is 8.32. The van der Waals surface area contributed by atoms with Crippen molar-refractivity contribution in [3.05, 3.63) is 23.9 Å². The fraction of sp³-hybridized carbons (Fsp3) is 0.714. The molecular formula is C21H36N6O2S. The molecule has 8 nitrogen and oxygen atoms in total. The molecule has 3 N–H and O–H groups in total. The number of hydrogen-bond acceptors (Lipinski definition) is 5. The lowest BCUT2D eigenvalue weighted by Crippen LogP contribution is -2.49. The van der Waals surface area contributed by atoms with Crippen LogP contribution in [0.5, 0.6) is 0 Å². The van der Waals surface area contributed by atoms with Gasteiger partial charge >= 0.3 is 0 Å². The summed E-state index contributed by atoms with van der Waals surface area (Å²) in [6.45, 7) is 7.49. The third kappa shape index (κ3) is 7.12. The quantitative estimate of drug-likeness (QED) is 0.402. The van der Waals surface area contributed by atoms with Crippen molar-refractivity contribution in [3.63, 3.8) is 0 Å². The summed E-state index contributed by atoms with van der Waals surface area (Å²) in [4.78, 5) is 11.3. The first-order chi connectivity index (χ1) is 14.4. The molecule has 2 heterocycles. The number of anilines is 1. The normalized spacial score (nSPS) is 18.9. The van der Waals surface area contributed by atoms with Gasteiger partial charge in [-0.05, 0) is 57.1 Å². The van der Waals surface area contributed by atoms with E-state index in [9.17, 15) is 8.42 Å². The zero-order chi connectivity index (χ0) is 21.4. The molecule has 3 rings (SSSR count). The van der Waals surface area contributed by atoms with E-state index in [0.717, 1.165) is 51.1 Å². The van der Waals surface area contributed by atoms with E-state index < -0.39 is 10.0 Å². The Morgan fingerprint density at radius 2 is 2.00 bits per heavy atom. The van der Waals surface area contributed by atoms with Crippen LogP contribution in [0.2, 0.25) is 0 Å². The maximum atomic E-state index is 12.2. The van der Waals surface area contributed by atoms with Crippen LogP contribution in [0.1, 0.15) is 44.6 Å². The van der Waals surface area contributed by atoms with E-state index in [4.69, 9.17) is 0 Å². The van der Waals surface area contributed by atoms with Gasteiger partial charge in [0.25, 0.3) is 0 Å². The molecule has 2 aliphatic rings. The van der Waals surface area contributed by atoms with Crippen molar-refractivity contribution in [2.24, 2.45) is 10.9 Å². The van der Waals surface area contributed by atoms with Gasteiger partial charge in [0.05, 0.1) is 12.3 Å². The predicted octanol–water partition coefficient (Wildman–Crippen LogP) is 1.63. The van der Waals surface area contributed by atoms with Crippen LogP contribution in [0.15, 0.2) is 23.3 Å². The van der Waals surface area contributed by atoms with E-state index in [1.165, 1.54) is 12.0 Å². The van der Waals surface area contributed by atoms with Crippen LogP contribution in [0.4, 0.5) is 5.82 Å². The summed E-state index contributed by atoms with van der Waals surface area (Å²) in [5, 5.41) is 6.70. The largest absolute Gasteiger partial charge is 0.357 e. The molecule has 1 aliphatic carbocycles. The van der Waals surface area contributed by atoms with Crippen molar-refractivity contribution < 1.29 is 8.42 Å². The van der Waals surface area contributed by atoms with Gasteiger partial charge in [0.15, 0.2) is 5.96 Å². The lowest BCUT2D eigenvalue weighted by atomic mass is 9.86. The van der Waals surface area contributed by atoms with Crippen molar-refractivity contribution in [2.75, 3.05) is 43.4 Å². The van der Waals surface area contributed by atoms with E-state index >= 15 is 0 Å². The lowest BCUT2D eigenvalue weighted by molar-refractivity contribution is 0.316. The molecule has 1 aromatic rings. The van der Waals surface area contributed by atoms with Crippen molar-refractivity contribution in [3.8, 4) is 0 Å². The molecule has 0 amide bonds. The van der Waals surface area contributed by atoms with Gasteiger partial charge in [-0.3, -0.25) is 4.99 Å². The number of aliphatic imine (C=N–C) groups is 1. The van der Waals surface area contributed by atoms with Gasteiger partial charge in [0.1, 0.15) is 5.82 Å². The second-order valence-corrected chi connectivity index (χ2v) is 10.3. The molecule has 0 bridgehead atoms. The van der Waals surface area contributed by atoms with E-state index in [-0.39, 0.29) is 12.3 Å². The Hall–Kier alpha value is -1.87. The average molecular weight is 437 g/mol. The first-order valence-corrected chi connectivity index (χ1v) is 12.8. The standard InChI is InChI=1S/C21H36N6O2S/c1-3-22-21(23-11-14-30(28,29)25-16-18-5-4-6-18)26-19-9-12-27(13-10-19)20-8-7-17(2)15-24-20/h7-8,15,18-19,25H,3-6,9-14,16H2,1-2H3,(H2,22,23,26). The van der Waals surface area contributed by atoms with E-state index in [1.807, 2.05) is 20.0 Å². The van der Waals surface area contributed by atoms with Gasteiger partial charge in [0.2, 0.25) is 10.0 Å². The van der Waals surface area contributed by atoms with Gasteiger partial charge in [-0.15, -0.1) is 0 Å². The Morgan fingerprint density at radius 1 is 1.23 bits per heavy atom. The van der Waals surface area contributed by atoms with Crippen molar-refractivity contribution >= 4 is 21.8 Å². The Labute approximate surface area is 181 Å². The van der Waals surface area contributed by atoms with Gasteiger partial charge in [-0.2, -0.15) is 0 Å². The molecule has 0 atom stereocenters. The number of piperidine rings is 1. The van der Waals surface area contributed by atoms with Crippen LogP contribution < -0.4 is 20.3 Å². The van der Waals surface area contributed by atoms with Gasteiger partial charge in [0, 0.05) is 38.4 Å². The number of sulfonamides is 1. The molecule has 1 saturated carbocycles. The summed E-state index contributed by atoms with van der Waals surface area (Å²) in [6, 6.07) is 4.49. The van der Waals surface area contributed by atoms with Crippen LogP contribution in [0.25, 0.3) is 0 Å². The Balaban J connectivity index is 1.43. The molecule has 0 radical (unpaired) electrons. The Morgan fingerprint density at radius 3 is 2.60 bits per heavy atom. The first kappa shape index (κ1) is 22.8. The van der Waals surface area contributed by atoms with E-state index in [1.54, 1.807) is 0 Å². The van der Waals surface area contributed by atoms with Crippen LogP contribution in [0.3, 0.4) is 0 Å². The number of rotatable bonds is 9. The molecule has 0 aromatic carbocycles. The number of aryl methyl sites for hydroxylation is 1. The molecule has 1 aliphatic heterocycles. The highest BCUT2D eigenvalue weighted by Crippen LogP contribution is 2.25. The maximum Gasteiger partial charge on any atom is 0.213 e. The van der Waals surface area contributed by atoms with Crippen molar-refractivity contribution in [1.29, 1.82) is 0 Å². The summed E-state index contributed by atoms with van der Waals surface area (Å²) in [5.74, 6) is 2.26. The summed E-state index contributed by atoms with van der Waals surface area (Å²) >= 11 is 0. The number of guanidine groups is 1. The summed E-state index contributed by atoms with van der Waals surface area (Å²) in [5.41, 5.74) is 1.17. The zero-order valence-electron chi connectivity index (χ0n) is 18.2. The molecule has 2 fully saturated rings. The summed E-state index contributed by atoms with van der Waals surface area (Å²) in [7, 11) is -3.26. The first-order valence-electron chi connectivity index (χ1n) is 11.1. The van der Waals surface area contributed by atoms with E-state index in [2.05, 4.69) is 42.4 Å². The topological polar surface area (TPSA) is 98.7 Å². The molecular weight excluding hydrogens is 400 g/mol. The predicted molar refractivity (Wildman–Crippen MR) is 122 cm³/mol. The van der Waals surface area contributed by atoms with Crippen LogP contribution in [-0.2, 0) is 10.0 Å². The minimum absolute atomic E-state index is 0.0217. The third-order valence-corrected chi connectivity index (χ3v) is 7.17. The van der Waals surface area contributed by atoms with Crippen LogP contribution in [0, 0.1) is 12.8 Å². The zero-order valence-corrected chi connectivity index (χ0v) is 19.0. The molecule has 1 saturated heterocycles. The maximum absolute atomic E-state index is 12.2. The van der Waals surface area contributed by atoms with Crippen molar-refractivity contribution in [2.45, 2.75) is 52.0 Å². The van der Waals surface area contributed by atoms with E-state index in [0.29, 0.717) is 24.5 Å². The SMILES string of the molecule is CCNC(=NCCS(=O)(=O)NCC1CCC1)NC1CCN(c2ccc(C)cn2)CC1. The minimum Gasteiger partial charge on any atom is -0.357 e. The Bertz CT molecular complexity index is 784. The minimum atomic E-state index is -3.26. The fourth-order valence-electron chi connectivity index (χ4n) is 3.70. The van der Waals surface area contributed by atoms with Gasteiger partial charge < -0.3 is 15.5 Å². The summed E-state index contributed by atoms with van der Waals surface area (Å²) in [6.07, 6.45) is 7.36. The average Bonchev–Trinajstić information content (AvgIpc) is 2.68. The molecule has 1 aromatic heterocycles. The second-order valence-electron chi connectivity index (χ2n) is 8.32. The van der Waals surface area contributed by atoms with Gasteiger partial charge in [-0.1, -0.05) is 12.5 Å². The monoisotopic (exact) mass is 436 g/mol. The number of nitrogens with zero attached hydrogens (tertiary/aromatic N) is 3. The molecule has 0 unspecified atom stereocenters. The highest BCUT2D eigenvalue weighted by molar-refractivity contribution is 7.89. The number of nitrogens with one attached hydrogen (secondary N) is 3. The van der Waals surface area contributed by atoms with Crippen LogP contribution >= 0.6 is 0 Å². The summed E-state index contributed by atoms with van der Waals surface area (Å²) < 4.78 is 27.0. The smallest absolute Gasteiger partial charge is 0.213 e. The fourth-order valence-corrected chi connectivity index (χ4v) is 4.67. The molecule has 0 spiro atoms. The third-order valence-electron chi connectivity index (χ3n) is 5.85. The molecule has 9 heteroatoms. The van der Waals surface area contributed by atoms with Crippen molar-refractivity contribution in [1.82, 2.24) is 20.3 Å². The number of pyridine rings is 1. The van der Waals surface area contributed by atoms with Gasteiger partial charge in [-0.25, -0.2) is 18.1 Å². The van der Waals surface area contributed by atoms with Crippen LogP contribution in [-0.4, -0.2) is 63.9 Å². The second kappa shape index (κ2) is 10.9. The lowest BCUT2D eigenvalue weighted by Gasteiger charge is -2.33. The number of aromatic nitrogens is 1. The molecule has 30 heavy (non-hydrogen) atoms.